The van der Waals surface area contributed by atoms with Crippen LogP contribution in [0.5, 0.6) is 11.5 Å². The highest BCUT2D eigenvalue weighted by molar-refractivity contribution is 5.95. The summed E-state index contributed by atoms with van der Waals surface area (Å²) in [5.74, 6) is -1.24. The quantitative estimate of drug-likeness (QED) is 0.466. The van der Waals surface area contributed by atoms with Gasteiger partial charge in [0.1, 0.15) is 5.56 Å². The first-order chi connectivity index (χ1) is 11.8. The number of methoxy groups -OCH3 is 1. The first-order valence-corrected chi connectivity index (χ1v) is 6.89. The standard InChI is InChI=1S/C15H14N4O6/c1-18-5-3-4-11(15(18)22)14(21)17-16-8-9-6-10(19(23)24)7-12(25-2)13(9)20/h3-8,20H,1-2H3,(H,17,21)/b16-8-. The van der Waals surface area contributed by atoms with Gasteiger partial charge in [-0.05, 0) is 12.1 Å². The van der Waals surface area contributed by atoms with Crippen molar-refractivity contribution in [2.75, 3.05) is 7.11 Å². The zero-order valence-electron chi connectivity index (χ0n) is 13.3. The Balaban J connectivity index is 2.26. The highest BCUT2D eigenvalue weighted by atomic mass is 16.6. The maximum atomic E-state index is 12.0. The predicted molar refractivity (Wildman–Crippen MR) is 88.1 cm³/mol. The Hall–Kier alpha value is -3.69. The minimum atomic E-state index is -0.755. The second kappa shape index (κ2) is 7.25. The maximum absolute atomic E-state index is 12.0. The van der Waals surface area contributed by atoms with Gasteiger partial charge >= 0.3 is 0 Å². The molecule has 0 fully saturated rings. The molecule has 1 aromatic heterocycles. The molecule has 130 valence electrons. The molecule has 1 aromatic carbocycles. The Bertz CT molecular complexity index is 919. The van der Waals surface area contributed by atoms with Gasteiger partial charge in [-0.15, -0.1) is 0 Å². The molecule has 10 heteroatoms. The topological polar surface area (TPSA) is 136 Å². The van der Waals surface area contributed by atoms with Crippen molar-refractivity contribution in [2.45, 2.75) is 0 Å². The summed E-state index contributed by atoms with van der Waals surface area (Å²) in [7, 11) is 2.74. The number of nitrogens with one attached hydrogen (secondary N) is 1. The Labute approximate surface area is 141 Å². The number of pyridine rings is 1. The monoisotopic (exact) mass is 346 g/mol. The van der Waals surface area contributed by atoms with Gasteiger partial charge in [0, 0.05) is 24.9 Å². The van der Waals surface area contributed by atoms with Crippen LogP contribution in [0.1, 0.15) is 15.9 Å². The average molecular weight is 346 g/mol. The lowest BCUT2D eigenvalue weighted by atomic mass is 10.2. The van der Waals surface area contributed by atoms with Crippen LogP contribution in [0.2, 0.25) is 0 Å². The molecule has 0 atom stereocenters. The predicted octanol–water partition coefficient (Wildman–Crippen LogP) is 0.772. The normalized spacial score (nSPS) is 10.6. The molecule has 25 heavy (non-hydrogen) atoms. The van der Waals surface area contributed by atoms with Crippen molar-refractivity contribution in [3.8, 4) is 11.5 Å². The third-order valence-electron chi connectivity index (χ3n) is 3.26. The molecule has 10 nitrogen and oxygen atoms in total. The molecular weight excluding hydrogens is 332 g/mol. The fraction of sp³-hybridized carbons (Fsp3) is 0.133. The number of aromatic hydroxyl groups is 1. The third-order valence-corrected chi connectivity index (χ3v) is 3.26. The van der Waals surface area contributed by atoms with E-state index in [9.17, 15) is 24.8 Å². The van der Waals surface area contributed by atoms with Crippen molar-refractivity contribution in [3.63, 3.8) is 0 Å². The lowest BCUT2D eigenvalue weighted by molar-refractivity contribution is -0.385. The second-order valence-electron chi connectivity index (χ2n) is 4.88. The highest BCUT2D eigenvalue weighted by Gasteiger charge is 2.16. The van der Waals surface area contributed by atoms with Crippen molar-refractivity contribution < 1.29 is 19.6 Å². The van der Waals surface area contributed by atoms with E-state index in [1.54, 1.807) is 0 Å². The summed E-state index contributed by atoms with van der Waals surface area (Å²) < 4.78 is 6.09. The molecule has 0 aliphatic heterocycles. The number of rotatable bonds is 5. The Morgan fingerprint density at radius 2 is 2.20 bits per heavy atom. The lowest BCUT2D eigenvalue weighted by Gasteiger charge is -2.06. The summed E-state index contributed by atoms with van der Waals surface area (Å²) in [6, 6.07) is 4.98. The Morgan fingerprint density at radius 3 is 2.84 bits per heavy atom. The van der Waals surface area contributed by atoms with Crippen LogP contribution < -0.4 is 15.7 Å². The molecule has 2 rings (SSSR count). The fourth-order valence-corrected chi connectivity index (χ4v) is 1.96. The van der Waals surface area contributed by atoms with E-state index in [2.05, 4.69) is 10.5 Å². The number of nitrogens with zero attached hydrogens (tertiary/aromatic N) is 3. The SMILES string of the molecule is COc1cc([N+](=O)[O-])cc(/C=N\NC(=O)c2cccn(C)c2=O)c1O. The Morgan fingerprint density at radius 1 is 1.48 bits per heavy atom. The molecule has 0 aliphatic rings. The summed E-state index contributed by atoms with van der Waals surface area (Å²) in [5.41, 5.74) is 1.14. The molecule has 0 radical (unpaired) electrons. The molecule has 2 aromatic rings. The van der Waals surface area contributed by atoms with E-state index in [4.69, 9.17) is 4.74 Å². The number of hydrogen-bond acceptors (Lipinski definition) is 7. The number of nitro benzene ring substituents is 1. The zero-order valence-corrected chi connectivity index (χ0v) is 13.3. The van der Waals surface area contributed by atoms with E-state index in [-0.39, 0.29) is 28.3 Å². The number of carbonyl (C=O) groups excluding carboxylic acids is 1. The van der Waals surface area contributed by atoms with Gasteiger partial charge in [-0.1, -0.05) is 0 Å². The van der Waals surface area contributed by atoms with Crippen LogP contribution >= 0.6 is 0 Å². The maximum Gasteiger partial charge on any atom is 0.276 e. The average Bonchev–Trinajstić information content (AvgIpc) is 2.58. The number of aromatic nitrogens is 1. The zero-order chi connectivity index (χ0) is 18.6. The van der Waals surface area contributed by atoms with Crippen LogP contribution in [0.4, 0.5) is 5.69 Å². The summed E-state index contributed by atoms with van der Waals surface area (Å²) >= 11 is 0. The number of carbonyl (C=O) groups is 1. The summed E-state index contributed by atoms with van der Waals surface area (Å²) in [6.07, 6.45) is 2.51. The molecule has 2 N–H and O–H groups in total. The number of ether oxygens (including phenoxy) is 1. The first-order valence-electron chi connectivity index (χ1n) is 6.89. The number of phenols is 1. The number of phenolic OH excluding ortho intramolecular Hbond substituents is 1. The van der Waals surface area contributed by atoms with Crippen molar-refractivity contribution in [2.24, 2.45) is 12.1 Å². The van der Waals surface area contributed by atoms with Gasteiger partial charge in [-0.3, -0.25) is 19.7 Å². The molecule has 0 saturated heterocycles. The van der Waals surface area contributed by atoms with E-state index >= 15 is 0 Å². The van der Waals surface area contributed by atoms with Crippen LogP contribution in [-0.4, -0.2) is 33.8 Å². The molecular formula is C15H14N4O6. The minimum Gasteiger partial charge on any atom is -0.504 e. The van der Waals surface area contributed by atoms with Crippen molar-refractivity contribution in [3.05, 3.63) is 62.1 Å². The molecule has 0 bridgehead atoms. The van der Waals surface area contributed by atoms with Gasteiger partial charge in [0.15, 0.2) is 11.5 Å². The number of amides is 1. The van der Waals surface area contributed by atoms with Crippen LogP contribution in [0.25, 0.3) is 0 Å². The third kappa shape index (κ3) is 3.80. The number of nitro groups is 1. The lowest BCUT2D eigenvalue weighted by Crippen LogP contribution is -2.29. The van der Waals surface area contributed by atoms with Gasteiger partial charge in [-0.2, -0.15) is 5.10 Å². The molecule has 0 unspecified atom stereocenters. The van der Waals surface area contributed by atoms with Crippen molar-refractivity contribution in [1.29, 1.82) is 0 Å². The number of hydrazone groups is 1. The molecule has 0 aliphatic carbocycles. The number of aryl methyl sites for hydroxylation is 1. The van der Waals surface area contributed by atoms with Gasteiger partial charge in [-0.25, -0.2) is 5.43 Å². The van der Waals surface area contributed by atoms with Crippen LogP contribution in [0.3, 0.4) is 0 Å². The van der Waals surface area contributed by atoms with Crippen LogP contribution in [0, 0.1) is 10.1 Å². The second-order valence-corrected chi connectivity index (χ2v) is 4.88. The summed E-state index contributed by atoms with van der Waals surface area (Å²) in [5, 5.41) is 24.5. The minimum absolute atomic E-state index is 0.0349. The van der Waals surface area contributed by atoms with Gasteiger partial charge < -0.3 is 14.4 Å². The smallest absolute Gasteiger partial charge is 0.276 e. The van der Waals surface area contributed by atoms with Crippen LogP contribution in [0.15, 0.2) is 40.4 Å². The van der Waals surface area contributed by atoms with Crippen molar-refractivity contribution in [1.82, 2.24) is 9.99 Å². The summed E-state index contributed by atoms with van der Waals surface area (Å²) in [6.45, 7) is 0. The van der Waals surface area contributed by atoms with Gasteiger partial charge in [0.25, 0.3) is 17.2 Å². The fourth-order valence-electron chi connectivity index (χ4n) is 1.96. The van der Waals surface area contributed by atoms with E-state index in [1.807, 2.05) is 0 Å². The highest BCUT2D eigenvalue weighted by Crippen LogP contribution is 2.33. The van der Waals surface area contributed by atoms with Crippen molar-refractivity contribution >= 4 is 17.8 Å². The summed E-state index contributed by atoms with van der Waals surface area (Å²) in [4.78, 5) is 34.0. The van der Waals surface area contributed by atoms with Gasteiger partial charge in [0.2, 0.25) is 0 Å². The van der Waals surface area contributed by atoms with Crippen LogP contribution in [-0.2, 0) is 7.05 Å². The van der Waals surface area contributed by atoms with E-state index in [0.717, 1.165) is 18.3 Å². The Kier molecular flexibility index (Phi) is 5.12. The van der Waals surface area contributed by atoms with E-state index in [0.29, 0.717) is 0 Å². The number of benzene rings is 1. The van der Waals surface area contributed by atoms with E-state index < -0.39 is 16.4 Å². The number of non-ortho nitro benzene ring substituents is 1. The molecule has 1 heterocycles. The molecule has 0 saturated carbocycles. The molecule has 1 amide bonds. The largest absolute Gasteiger partial charge is 0.504 e. The van der Waals surface area contributed by atoms with Gasteiger partial charge in [0.05, 0.1) is 24.3 Å². The first kappa shape index (κ1) is 17.7. The van der Waals surface area contributed by atoms with E-state index in [1.165, 1.54) is 37.1 Å². The number of hydrogen-bond donors (Lipinski definition) is 2. The molecule has 0 spiro atoms.